The highest BCUT2D eigenvalue weighted by Crippen LogP contribution is 2.10. The van der Waals surface area contributed by atoms with Crippen molar-refractivity contribution in [2.45, 2.75) is 0 Å². The fourth-order valence-electron chi connectivity index (χ4n) is 1.99. The maximum Gasteiger partial charge on any atom is 0.269 e. The van der Waals surface area contributed by atoms with Crippen molar-refractivity contribution in [3.05, 3.63) is 39.9 Å². The van der Waals surface area contributed by atoms with Crippen LogP contribution >= 0.6 is 0 Å². The molecule has 1 saturated heterocycles. The van der Waals surface area contributed by atoms with E-state index in [4.69, 9.17) is 0 Å². The van der Waals surface area contributed by atoms with Crippen LogP contribution in [0.2, 0.25) is 0 Å². The number of hydrogen-bond acceptors (Lipinski definition) is 5. The van der Waals surface area contributed by atoms with Gasteiger partial charge in [-0.3, -0.25) is 20.0 Å². The molecular weight excluding hydrogens is 244 g/mol. The topological polar surface area (TPSA) is 70.8 Å². The van der Waals surface area contributed by atoms with Gasteiger partial charge in [0, 0.05) is 51.1 Å². The molecule has 19 heavy (non-hydrogen) atoms. The molecule has 1 fully saturated rings. The Kier molecular flexibility index (Phi) is 5.00. The molecule has 0 aromatic heterocycles. The second-order valence-corrected chi connectivity index (χ2v) is 4.48. The fraction of sp³-hybridized carbons (Fsp3) is 0.462. The van der Waals surface area contributed by atoms with Gasteiger partial charge in [-0.1, -0.05) is 0 Å². The van der Waals surface area contributed by atoms with Gasteiger partial charge in [-0.15, -0.1) is 0 Å². The van der Waals surface area contributed by atoms with Crippen LogP contribution in [0, 0.1) is 10.1 Å². The lowest BCUT2D eigenvalue weighted by Crippen LogP contribution is -2.44. The monoisotopic (exact) mass is 262 g/mol. The minimum atomic E-state index is -0.398. The molecule has 1 aromatic carbocycles. The predicted octanol–water partition coefficient (Wildman–Crippen LogP) is 0.919. The summed E-state index contributed by atoms with van der Waals surface area (Å²) in [5.41, 5.74) is 1.00. The van der Waals surface area contributed by atoms with E-state index in [9.17, 15) is 10.1 Å². The number of benzene rings is 1. The fourth-order valence-corrected chi connectivity index (χ4v) is 1.99. The Morgan fingerprint density at radius 3 is 2.63 bits per heavy atom. The maximum atomic E-state index is 10.5. The van der Waals surface area contributed by atoms with E-state index in [0.29, 0.717) is 0 Å². The highest BCUT2D eigenvalue weighted by Gasteiger charge is 2.07. The van der Waals surface area contributed by atoms with Crippen molar-refractivity contribution in [2.24, 2.45) is 4.99 Å². The molecule has 102 valence electrons. The summed E-state index contributed by atoms with van der Waals surface area (Å²) in [5.74, 6) is 0. The average Bonchev–Trinajstić information content (AvgIpc) is 2.45. The number of nitro groups is 1. The maximum absolute atomic E-state index is 10.5. The molecule has 0 aliphatic carbocycles. The summed E-state index contributed by atoms with van der Waals surface area (Å²) in [7, 11) is 0. The van der Waals surface area contributed by atoms with Gasteiger partial charge in [-0.25, -0.2) is 0 Å². The third-order valence-electron chi connectivity index (χ3n) is 3.10. The number of aliphatic imine (C=N–C) groups is 1. The first-order chi connectivity index (χ1) is 9.25. The van der Waals surface area contributed by atoms with Gasteiger partial charge in [0.2, 0.25) is 0 Å². The normalized spacial score (nSPS) is 16.8. The highest BCUT2D eigenvalue weighted by molar-refractivity contribution is 5.79. The van der Waals surface area contributed by atoms with Crippen LogP contribution in [0.1, 0.15) is 5.56 Å². The van der Waals surface area contributed by atoms with E-state index in [1.54, 1.807) is 18.3 Å². The van der Waals surface area contributed by atoms with Crippen molar-refractivity contribution in [3.8, 4) is 0 Å². The average molecular weight is 262 g/mol. The molecule has 0 unspecified atom stereocenters. The molecular formula is C13H18N4O2. The molecule has 0 amide bonds. The van der Waals surface area contributed by atoms with E-state index in [1.165, 1.54) is 12.1 Å². The number of non-ortho nitro benzene ring substituents is 1. The van der Waals surface area contributed by atoms with Crippen LogP contribution in [-0.4, -0.2) is 55.3 Å². The lowest BCUT2D eigenvalue weighted by molar-refractivity contribution is -0.384. The second kappa shape index (κ2) is 6.96. The first-order valence-corrected chi connectivity index (χ1v) is 6.43. The standard InChI is InChI=1S/C13H18N4O2/c18-17(19)13-3-1-12(2-4-13)11-15-7-10-16-8-5-14-6-9-16/h1-4,11,14H,5-10H2. The number of nitrogens with zero attached hydrogens (tertiary/aromatic N) is 3. The van der Waals surface area contributed by atoms with Crippen LogP contribution in [0.4, 0.5) is 5.69 Å². The van der Waals surface area contributed by atoms with Gasteiger partial charge in [0.1, 0.15) is 0 Å². The Morgan fingerprint density at radius 1 is 1.32 bits per heavy atom. The van der Waals surface area contributed by atoms with Crippen molar-refractivity contribution in [1.29, 1.82) is 0 Å². The Balaban J connectivity index is 1.76. The van der Waals surface area contributed by atoms with Gasteiger partial charge < -0.3 is 5.32 Å². The Labute approximate surface area is 112 Å². The first-order valence-electron chi connectivity index (χ1n) is 6.43. The summed E-state index contributed by atoms with van der Waals surface area (Å²) >= 11 is 0. The van der Waals surface area contributed by atoms with E-state index in [0.717, 1.165) is 44.8 Å². The molecule has 1 aliphatic rings. The largest absolute Gasteiger partial charge is 0.314 e. The van der Waals surface area contributed by atoms with Gasteiger partial charge >= 0.3 is 0 Å². The molecule has 1 aliphatic heterocycles. The van der Waals surface area contributed by atoms with Crippen LogP contribution in [0.15, 0.2) is 29.3 Å². The van der Waals surface area contributed by atoms with Gasteiger partial charge in [0.15, 0.2) is 0 Å². The van der Waals surface area contributed by atoms with E-state index in [2.05, 4.69) is 15.2 Å². The second-order valence-electron chi connectivity index (χ2n) is 4.48. The van der Waals surface area contributed by atoms with Gasteiger partial charge in [-0.05, 0) is 17.7 Å². The van der Waals surface area contributed by atoms with E-state index >= 15 is 0 Å². The van der Waals surface area contributed by atoms with Crippen LogP contribution in [0.5, 0.6) is 0 Å². The highest BCUT2D eigenvalue weighted by atomic mass is 16.6. The molecule has 1 heterocycles. The van der Waals surface area contributed by atoms with Gasteiger partial charge in [0.05, 0.1) is 11.5 Å². The Morgan fingerprint density at radius 2 is 2.00 bits per heavy atom. The lowest BCUT2D eigenvalue weighted by Gasteiger charge is -2.26. The van der Waals surface area contributed by atoms with Gasteiger partial charge in [0.25, 0.3) is 5.69 Å². The van der Waals surface area contributed by atoms with Crippen LogP contribution < -0.4 is 5.32 Å². The van der Waals surface area contributed by atoms with Crippen LogP contribution in [0.3, 0.4) is 0 Å². The minimum absolute atomic E-state index is 0.109. The van der Waals surface area contributed by atoms with Crippen molar-refractivity contribution >= 4 is 11.9 Å². The van der Waals surface area contributed by atoms with Gasteiger partial charge in [-0.2, -0.15) is 0 Å². The number of nitro benzene ring substituents is 1. The lowest BCUT2D eigenvalue weighted by atomic mass is 10.2. The molecule has 0 spiro atoms. The third-order valence-corrected chi connectivity index (χ3v) is 3.10. The van der Waals surface area contributed by atoms with Crippen molar-refractivity contribution < 1.29 is 4.92 Å². The van der Waals surface area contributed by atoms with E-state index in [1.807, 2.05) is 0 Å². The van der Waals surface area contributed by atoms with Crippen molar-refractivity contribution in [3.63, 3.8) is 0 Å². The molecule has 1 N–H and O–H groups in total. The molecule has 0 radical (unpaired) electrons. The van der Waals surface area contributed by atoms with Crippen LogP contribution in [-0.2, 0) is 0 Å². The first kappa shape index (κ1) is 13.6. The number of piperazine rings is 1. The summed E-state index contributed by atoms with van der Waals surface area (Å²) < 4.78 is 0. The summed E-state index contributed by atoms with van der Waals surface area (Å²) in [6.45, 7) is 5.97. The number of nitrogens with one attached hydrogen (secondary N) is 1. The summed E-state index contributed by atoms with van der Waals surface area (Å²) in [6.07, 6.45) is 1.77. The third kappa shape index (κ3) is 4.42. The molecule has 0 bridgehead atoms. The quantitative estimate of drug-likeness (QED) is 0.486. The Bertz CT molecular complexity index is 438. The van der Waals surface area contributed by atoms with Crippen molar-refractivity contribution in [1.82, 2.24) is 10.2 Å². The Hall–Kier alpha value is -1.79. The molecule has 0 atom stereocenters. The SMILES string of the molecule is O=[N+]([O-])c1ccc(C=NCCN2CCNCC2)cc1. The summed E-state index contributed by atoms with van der Waals surface area (Å²) in [5, 5.41) is 13.8. The molecule has 2 rings (SSSR count). The van der Waals surface area contributed by atoms with E-state index in [-0.39, 0.29) is 5.69 Å². The summed E-state index contributed by atoms with van der Waals surface area (Å²) in [6, 6.07) is 6.42. The van der Waals surface area contributed by atoms with E-state index < -0.39 is 4.92 Å². The van der Waals surface area contributed by atoms with Crippen molar-refractivity contribution in [2.75, 3.05) is 39.3 Å². The molecule has 1 aromatic rings. The number of rotatable bonds is 5. The zero-order valence-corrected chi connectivity index (χ0v) is 10.8. The molecule has 0 saturated carbocycles. The zero-order chi connectivity index (χ0) is 13.5. The minimum Gasteiger partial charge on any atom is -0.314 e. The number of hydrogen-bond donors (Lipinski definition) is 1. The smallest absolute Gasteiger partial charge is 0.269 e. The summed E-state index contributed by atoms with van der Waals surface area (Å²) in [4.78, 5) is 16.8. The van der Waals surface area contributed by atoms with Crippen LogP contribution in [0.25, 0.3) is 0 Å². The molecule has 6 nitrogen and oxygen atoms in total. The predicted molar refractivity (Wildman–Crippen MR) is 74.9 cm³/mol. The zero-order valence-electron chi connectivity index (χ0n) is 10.8. The molecule has 6 heteroatoms.